The zero-order valence-electron chi connectivity index (χ0n) is 15.3. The summed E-state index contributed by atoms with van der Waals surface area (Å²) in [6.45, 7) is 1.87. The van der Waals surface area contributed by atoms with Gasteiger partial charge in [-0.05, 0) is 36.8 Å². The van der Waals surface area contributed by atoms with Gasteiger partial charge in [-0.25, -0.2) is 9.59 Å². The van der Waals surface area contributed by atoms with Crippen LogP contribution < -0.4 is 15.1 Å². The van der Waals surface area contributed by atoms with E-state index in [2.05, 4.69) is 0 Å². The van der Waals surface area contributed by atoms with Crippen LogP contribution in [0.15, 0.2) is 51.7 Å². The average Bonchev–Trinajstić information content (AvgIpc) is 3.10. The minimum absolute atomic E-state index is 0.0522. The van der Waals surface area contributed by atoms with E-state index in [1.54, 1.807) is 43.3 Å². The quantitative estimate of drug-likeness (QED) is 0.547. The van der Waals surface area contributed by atoms with Gasteiger partial charge < -0.3 is 23.7 Å². The van der Waals surface area contributed by atoms with Crippen molar-refractivity contribution in [3.8, 4) is 17.2 Å². The Balaban J connectivity index is 1.95. The van der Waals surface area contributed by atoms with Crippen LogP contribution in [-0.2, 0) is 9.53 Å². The Hall–Kier alpha value is -3.48. The maximum atomic E-state index is 12.8. The summed E-state index contributed by atoms with van der Waals surface area (Å²) < 4.78 is 21.7. The highest BCUT2D eigenvalue weighted by Gasteiger charge is 2.45. The second-order valence-corrected chi connectivity index (χ2v) is 6.33. The number of phenolic OH excluding ortho intramolecular Hbond substituents is 1. The molecule has 144 valence electrons. The zero-order valence-corrected chi connectivity index (χ0v) is 15.3. The molecule has 0 amide bonds. The fourth-order valence-electron chi connectivity index (χ4n) is 3.52. The fraction of sp³-hybridized carbons (Fsp3) is 0.238. The Morgan fingerprint density at radius 1 is 1.21 bits per heavy atom. The van der Waals surface area contributed by atoms with E-state index in [-0.39, 0.29) is 23.7 Å². The van der Waals surface area contributed by atoms with Crippen LogP contribution >= 0.6 is 0 Å². The third kappa shape index (κ3) is 2.76. The van der Waals surface area contributed by atoms with E-state index in [4.69, 9.17) is 18.6 Å². The average molecular weight is 382 g/mol. The van der Waals surface area contributed by atoms with Crippen LogP contribution in [0, 0.1) is 0 Å². The van der Waals surface area contributed by atoms with Gasteiger partial charge >= 0.3 is 11.6 Å². The summed E-state index contributed by atoms with van der Waals surface area (Å²) in [4.78, 5) is 25.4. The summed E-state index contributed by atoms with van der Waals surface area (Å²) in [7, 11) is 1.42. The van der Waals surface area contributed by atoms with Crippen molar-refractivity contribution in [1.29, 1.82) is 0 Å². The minimum atomic E-state index is -1.06. The predicted molar refractivity (Wildman–Crippen MR) is 100 cm³/mol. The van der Waals surface area contributed by atoms with Gasteiger partial charge in [-0.3, -0.25) is 0 Å². The SMILES string of the molecule is CCOC(=O)C1Oc2c(c(=O)oc3ccccc23)C1c1ccc(O)c(OC)c1. The molecule has 1 aliphatic rings. The van der Waals surface area contributed by atoms with Crippen LogP contribution in [0.25, 0.3) is 11.0 Å². The lowest BCUT2D eigenvalue weighted by molar-refractivity contribution is -0.151. The van der Waals surface area contributed by atoms with E-state index in [0.29, 0.717) is 22.3 Å². The molecular formula is C21H18O7. The summed E-state index contributed by atoms with van der Waals surface area (Å²) in [5, 5.41) is 10.5. The Labute approximate surface area is 160 Å². The number of carbonyl (C=O) groups excluding carboxylic acids is 1. The van der Waals surface area contributed by atoms with Crippen LogP contribution in [-0.4, -0.2) is 30.9 Å². The van der Waals surface area contributed by atoms with Gasteiger partial charge in [0.25, 0.3) is 0 Å². The number of benzene rings is 2. The number of esters is 1. The summed E-state index contributed by atoms with van der Waals surface area (Å²) in [6, 6.07) is 11.6. The molecular weight excluding hydrogens is 364 g/mol. The molecule has 0 bridgehead atoms. The number of carbonyl (C=O) groups is 1. The van der Waals surface area contributed by atoms with E-state index in [1.807, 2.05) is 0 Å². The monoisotopic (exact) mass is 382 g/mol. The second kappa shape index (κ2) is 6.92. The first-order valence-electron chi connectivity index (χ1n) is 8.81. The number of fused-ring (bicyclic) bond motifs is 3. The van der Waals surface area contributed by atoms with Crippen molar-refractivity contribution in [1.82, 2.24) is 0 Å². The first-order chi connectivity index (χ1) is 13.5. The Bertz CT molecular complexity index is 1120. The van der Waals surface area contributed by atoms with E-state index >= 15 is 0 Å². The van der Waals surface area contributed by atoms with Gasteiger partial charge in [0.15, 0.2) is 11.5 Å². The number of aromatic hydroxyl groups is 1. The summed E-state index contributed by atoms with van der Waals surface area (Å²) in [5.74, 6) is -0.868. The molecule has 7 heteroatoms. The molecule has 2 atom stereocenters. The maximum absolute atomic E-state index is 12.8. The topological polar surface area (TPSA) is 95.2 Å². The first kappa shape index (κ1) is 17.9. The molecule has 2 unspecified atom stereocenters. The van der Waals surface area contributed by atoms with Gasteiger partial charge in [0, 0.05) is 0 Å². The molecule has 0 spiro atoms. The molecule has 3 aromatic rings. The summed E-state index contributed by atoms with van der Waals surface area (Å²) in [5.41, 5.74) is 0.592. The molecule has 1 aromatic heterocycles. The van der Waals surface area contributed by atoms with Crippen molar-refractivity contribution >= 4 is 16.9 Å². The number of hydrogen-bond acceptors (Lipinski definition) is 7. The van der Waals surface area contributed by atoms with Gasteiger partial charge in [-0.2, -0.15) is 0 Å². The molecule has 0 aliphatic carbocycles. The first-order valence-corrected chi connectivity index (χ1v) is 8.81. The van der Waals surface area contributed by atoms with E-state index in [0.717, 1.165) is 0 Å². The molecule has 0 saturated carbocycles. The van der Waals surface area contributed by atoms with Gasteiger partial charge in [0.2, 0.25) is 6.10 Å². The van der Waals surface area contributed by atoms with Crippen molar-refractivity contribution in [3.63, 3.8) is 0 Å². The van der Waals surface area contributed by atoms with Crippen LogP contribution in [0.5, 0.6) is 17.2 Å². The van der Waals surface area contributed by atoms with Crippen molar-refractivity contribution in [2.24, 2.45) is 0 Å². The molecule has 0 saturated heterocycles. The number of hydrogen-bond donors (Lipinski definition) is 1. The molecule has 2 aromatic carbocycles. The van der Waals surface area contributed by atoms with Crippen molar-refractivity contribution in [2.45, 2.75) is 18.9 Å². The highest BCUT2D eigenvalue weighted by Crippen LogP contribution is 2.45. The van der Waals surface area contributed by atoms with E-state index < -0.39 is 23.6 Å². The Morgan fingerprint density at radius 2 is 2.00 bits per heavy atom. The molecule has 4 rings (SSSR count). The van der Waals surface area contributed by atoms with Crippen molar-refractivity contribution in [3.05, 3.63) is 64.0 Å². The van der Waals surface area contributed by atoms with Crippen molar-refractivity contribution in [2.75, 3.05) is 13.7 Å². The largest absolute Gasteiger partial charge is 0.504 e. The standard InChI is InChI=1S/C21H18O7/c1-3-26-21(24)19-16(11-8-9-13(22)15(10-11)25-2)17-18(28-19)12-6-4-5-7-14(12)27-20(17)23/h4-10,16,19,22H,3H2,1-2H3. The molecule has 2 heterocycles. The zero-order chi connectivity index (χ0) is 19.8. The third-order valence-electron chi connectivity index (χ3n) is 4.74. The normalized spacial score (nSPS) is 17.8. The van der Waals surface area contributed by atoms with Crippen LogP contribution in [0.2, 0.25) is 0 Å². The number of methoxy groups -OCH3 is 1. The third-order valence-corrected chi connectivity index (χ3v) is 4.74. The smallest absolute Gasteiger partial charge is 0.348 e. The van der Waals surface area contributed by atoms with Gasteiger partial charge in [0.05, 0.1) is 30.6 Å². The lowest BCUT2D eigenvalue weighted by atomic mass is 9.88. The predicted octanol–water partition coefficient (Wildman–Crippen LogP) is 2.96. The summed E-state index contributed by atoms with van der Waals surface area (Å²) >= 11 is 0. The van der Waals surface area contributed by atoms with E-state index in [1.165, 1.54) is 13.2 Å². The van der Waals surface area contributed by atoms with Gasteiger partial charge in [0.1, 0.15) is 11.3 Å². The van der Waals surface area contributed by atoms with Crippen LogP contribution in [0.1, 0.15) is 24.0 Å². The highest BCUT2D eigenvalue weighted by atomic mass is 16.6. The van der Waals surface area contributed by atoms with Crippen molar-refractivity contribution < 1.29 is 28.5 Å². The molecule has 1 N–H and O–H groups in total. The molecule has 7 nitrogen and oxygen atoms in total. The van der Waals surface area contributed by atoms with Crippen LogP contribution in [0.3, 0.4) is 0 Å². The van der Waals surface area contributed by atoms with E-state index in [9.17, 15) is 14.7 Å². The van der Waals surface area contributed by atoms with Gasteiger partial charge in [-0.1, -0.05) is 18.2 Å². The van der Waals surface area contributed by atoms with Gasteiger partial charge in [-0.15, -0.1) is 0 Å². The highest BCUT2D eigenvalue weighted by molar-refractivity contribution is 5.88. The fourth-order valence-corrected chi connectivity index (χ4v) is 3.52. The maximum Gasteiger partial charge on any atom is 0.348 e. The molecule has 28 heavy (non-hydrogen) atoms. The number of ether oxygens (including phenoxy) is 3. The Morgan fingerprint density at radius 3 is 2.75 bits per heavy atom. The molecule has 0 fully saturated rings. The minimum Gasteiger partial charge on any atom is -0.504 e. The second-order valence-electron chi connectivity index (χ2n) is 6.33. The Kier molecular flexibility index (Phi) is 4.43. The lowest BCUT2D eigenvalue weighted by Crippen LogP contribution is -2.32. The number of rotatable bonds is 4. The number of para-hydroxylation sites is 1. The van der Waals surface area contributed by atoms with Crippen LogP contribution in [0.4, 0.5) is 0 Å². The molecule has 0 radical (unpaired) electrons. The lowest BCUT2D eigenvalue weighted by Gasteiger charge is -2.18. The molecule has 1 aliphatic heterocycles. The summed E-state index contributed by atoms with van der Waals surface area (Å²) in [6.07, 6.45) is -1.06. The number of phenols is 1.